The lowest BCUT2D eigenvalue weighted by Crippen LogP contribution is -2.23. The monoisotopic (exact) mass is 182 g/mol. The summed E-state index contributed by atoms with van der Waals surface area (Å²) in [7, 11) is 1.81. The molecule has 0 bridgehead atoms. The first kappa shape index (κ1) is 8.25. The molecule has 70 valence electrons. The maximum Gasteiger partial charge on any atom is 0.337 e. The Morgan fingerprint density at radius 3 is 3.31 bits per heavy atom. The first-order valence-corrected chi connectivity index (χ1v) is 4.05. The molecule has 1 unspecified atom stereocenters. The number of carboxylic acids is 1. The van der Waals surface area contributed by atoms with Crippen LogP contribution in [-0.2, 0) is 23.0 Å². The Morgan fingerprint density at radius 1 is 1.85 bits per heavy atom. The number of aryl methyl sites for hydroxylation is 1. The molecule has 0 saturated heterocycles. The molecule has 1 atom stereocenters. The molecule has 0 aliphatic carbocycles. The molecule has 0 spiro atoms. The third-order valence-corrected chi connectivity index (χ3v) is 2.22. The van der Waals surface area contributed by atoms with Gasteiger partial charge in [-0.2, -0.15) is 5.10 Å². The molecule has 1 N–H and O–H groups in total. The van der Waals surface area contributed by atoms with Crippen molar-refractivity contribution in [2.45, 2.75) is 12.5 Å². The summed E-state index contributed by atoms with van der Waals surface area (Å²) >= 11 is 0. The lowest BCUT2D eigenvalue weighted by molar-refractivity contribution is -0.151. The zero-order valence-electron chi connectivity index (χ0n) is 7.23. The Hall–Kier alpha value is -1.36. The predicted molar refractivity (Wildman–Crippen MR) is 43.2 cm³/mol. The minimum absolute atomic E-state index is 0.448. The van der Waals surface area contributed by atoms with E-state index in [1.165, 1.54) is 0 Å². The fourth-order valence-corrected chi connectivity index (χ4v) is 1.57. The second-order valence-corrected chi connectivity index (χ2v) is 3.01. The third-order valence-electron chi connectivity index (χ3n) is 2.22. The molecule has 2 heterocycles. The Bertz CT molecular complexity index is 345. The molecule has 5 heteroatoms. The van der Waals surface area contributed by atoms with E-state index in [9.17, 15) is 4.79 Å². The van der Waals surface area contributed by atoms with Crippen molar-refractivity contribution in [2.24, 2.45) is 7.05 Å². The summed E-state index contributed by atoms with van der Waals surface area (Å²) in [6, 6.07) is 0. The number of hydrogen-bond acceptors (Lipinski definition) is 3. The number of rotatable bonds is 1. The van der Waals surface area contributed by atoms with Gasteiger partial charge in [-0.3, -0.25) is 4.68 Å². The minimum atomic E-state index is -0.950. The number of fused-ring (bicyclic) bond motifs is 1. The van der Waals surface area contributed by atoms with Crippen LogP contribution < -0.4 is 0 Å². The number of carbonyl (C=O) groups is 1. The number of ether oxygens (including phenoxy) is 1. The Balaban J connectivity index is 2.43. The molecular weight excluding hydrogens is 172 g/mol. The molecule has 0 aromatic carbocycles. The fourth-order valence-electron chi connectivity index (χ4n) is 1.57. The van der Waals surface area contributed by atoms with Crippen molar-refractivity contribution in [3.63, 3.8) is 0 Å². The summed E-state index contributed by atoms with van der Waals surface area (Å²) in [6.45, 7) is 0.448. The van der Waals surface area contributed by atoms with Gasteiger partial charge in [0.05, 0.1) is 12.8 Å². The van der Waals surface area contributed by atoms with E-state index in [1.807, 2.05) is 7.05 Å². The van der Waals surface area contributed by atoms with Crippen LogP contribution in [0.2, 0.25) is 0 Å². The molecule has 1 aromatic heterocycles. The molecule has 0 amide bonds. The van der Waals surface area contributed by atoms with Crippen LogP contribution >= 0.6 is 0 Å². The van der Waals surface area contributed by atoms with Crippen molar-refractivity contribution in [1.82, 2.24) is 9.78 Å². The van der Waals surface area contributed by atoms with Gasteiger partial charge in [0.1, 0.15) is 0 Å². The summed E-state index contributed by atoms with van der Waals surface area (Å²) in [4.78, 5) is 10.8. The number of nitrogens with zero attached hydrogens (tertiary/aromatic N) is 2. The van der Waals surface area contributed by atoms with E-state index in [1.54, 1.807) is 10.9 Å². The summed E-state index contributed by atoms with van der Waals surface area (Å²) < 4.78 is 6.83. The average molecular weight is 182 g/mol. The van der Waals surface area contributed by atoms with Crippen molar-refractivity contribution in [3.8, 4) is 0 Å². The predicted octanol–water partition coefficient (Wildman–Crippen LogP) is 0.118. The van der Waals surface area contributed by atoms with Gasteiger partial charge in [0.25, 0.3) is 0 Å². The highest BCUT2D eigenvalue weighted by atomic mass is 16.5. The van der Waals surface area contributed by atoms with Crippen LogP contribution in [-0.4, -0.2) is 27.5 Å². The second-order valence-electron chi connectivity index (χ2n) is 3.01. The van der Waals surface area contributed by atoms with Gasteiger partial charge in [-0.05, 0) is 0 Å². The van der Waals surface area contributed by atoms with Gasteiger partial charge >= 0.3 is 5.97 Å². The lowest BCUT2D eigenvalue weighted by Gasteiger charge is -2.19. The topological polar surface area (TPSA) is 64.4 Å². The van der Waals surface area contributed by atoms with Gasteiger partial charge < -0.3 is 9.84 Å². The van der Waals surface area contributed by atoms with E-state index in [4.69, 9.17) is 9.84 Å². The van der Waals surface area contributed by atoms with E-state index < -0.39 is 12.1 Å². The van der Waals surface area contributed by atoms with Crippen LogP contribution in [0.4, 0.5) is 0 Å². The smallest absolute Gasteiger partial charge is 0.337 e. The van der Waals surface area contributed by atoms with Gasteiger partial charge in [0.2, 0.25) is 0 Å². The van der Waals surface area contributed by atoms with E-state index in [0.717, 1.165) is 12.1 Å². The number of aliphatic carboxylic acids is 1. The molecule has 0 saturated carbocycles. The first-order valence-electron chi connectivity index (χ1n) is 4.05. The maximum atomic E-state index is 10.8. The third kappa shape index (κ3) is 1.21. The van der Waals surface area contributed by atoms with Gasteiger partial charge in [0, 0.05) is 24.7 Å². The van der Waals surface area contributed by atoms with Crippen molar-refractivity contribution < 1.29 is 14.6 Å². The highest BCUT2D eigenvalue weighted by Gasteiger charge is 2.29. The van der Waals surface area contributed by atoms with Crippen molar-refractivity contribution >= 4 is 5.97 Å². The molecule has 2 rings (SSSR count). The molecule has 1 aliphatic rings. The van der Waals surface area contributed by atoms with Crippen molar-refractivity contribution in [1.29, 1.82) is 0 Å². The van der Waals surface area contributed by atoms with E-state index in [2.05, 4.69) is 5.10 Å². The summed E-state index contributed by atoms with van der Waals surface area (Å²) in [5.74, 6) is -0.950. The highest BCUT2D eigenvalue weighted by molar-refractivity contribution is 5.75. The summed E-state index contributed by atoms with van der Waals surface area (Å²) in [5, 5.41) is 12.8. The van der Waals surface area contributed by atoms with E-state index in [-0.39, 0.29) is 0 Å². The molecule has 5 nitrogen and oxygen atoms in total. The molecule has 0 radical (unpaired) electrons. The van der Waals surface area contributed by atoms with Crippen molar-refractivity contribution in [2.75, 3.05) is 6.61 Å². The van der Waals surface area contributed by atoms with Crippen LogP contribution in [0.1, 0.15) is 17.4 Å². The van der Waals surface area contributed by atoms with Crippen LogP contribution in [0.25, 0.3) is 0 Å². The van der Waals surface area contributed by atoms with E-state index >= 15 is 0 Å². The van der Waals surface area contributed by atoms with Gasteiger partial charge in [0.15, 0.2) is 6.10 Å². The molecule has 0 fully saturated rings. The van der Waals surface area contributed by atoms with Gasteiger partial charge in [-0.15, -0.1) is 0 Å². The number of hydrogen-bond donors (Lipinski definition) is 1. The van der Waals surface area contributed by atoms with Crippen LogP contribution in [0, 0.1) is 0 Å². The van der Waals surface area contributed by atoms with Crippen LogP contribution in [0.15, 0.2) is 6.20 Å². The normalized spacial score (nSPS) is 21.2. The number of carboxylic acid groups (broad SMARTS) is 1. The van der Waals surface area contributed by atoms with Crippen LogP contribution in [0.3, 0.4) is 0 Å². The Labute approximate surface area is 74.9 Å². The second kappa shape index (κ2) is 2.85. The fraction of sp³-hybridized carbons (Fsp3) is 0.500. The highest BCUT2D eigenvalue weighted by Crippen LogP contribution is 2.26. The molecular formula is C8H10N2O3. The average Bonchev–Trinajstić information content (AvgIpc) is 2.48. The van der Waals surface area contributed by atoms with Gasteiger partial charge in [-0.25, -0.2) is 4.79 Å². The SMILES string of the molecule is Cn1ncc2c1CCOC2C(=O)O. The number of aromatic nitrogens is 2. The summed E-state index contributed by atoms with van der Waals surface area (Å²) in [5.41, 5.74) is 1.64. The lowest BCUT2D eigenvalue weighted by atomic mass is 10.1. The minimum Gasteiger partial charge on any atom is -0.479 e. The molecule has 1 aliphatic heterocycles. The van der Waals surface area contributed by atoms with E-state index in [0.29, 0.717) is 12.2 Å². The van der Waals surface area contributed by atoms with Gasteiger partial charge in [-0.1, -0.05) is 0 Å². The van der Waals surface area contributed by atoms with Crippen LogP contribution in [0.5, 0.6) is 0 Å². The molecule has 1 aromatic rings. The largest absolute Gasteiger partial charge is 0.479 e. The summed E-state index contributed by atoms with van der Waals surface area (Å²) in [6.07, 6.45) is 1.46. The zero-order valence-corrected chi connectivity index (χ0v) is 7.23. The van der Waals surface area contributed by atoms with Crippen molar-refractivity contribution in [3.05, 3.63) is 17.5 Å². The maximum absolute atomic E-state index is 10.8. The quantitative estimate of drug-likeness (QED) is 0.670. The zero-order chi connectivity index (χ0) is 9.42. The Kier molecular flexibility index (Phi) is 1.81. The standard InChI is InChI=1S/C8H10N2O3/c1-10-6-2-3-13-7(8(11)12)5(6)4-9-10/h4,7H,2-3H2,1H3,(H,11,12). The first-order chi connectivity index (χ1) is 6.20. The Morgan fingerprint density at radius 2 is 2.62 bits per heavy atom. The molecule has 13 heavy (non-hydrogen) atoms.